The van der Waals surface area contributed by atoms with E-state index in [1.807, 2.05) is 29.3 Å². The van der Waals surface area contributed by atoms with Crippen molar-refractivity contribution in [1.82, 2.24) is 20.0 Å². The Bertz CT molecular complexity index is 1040. The molecule has 1 aliphatic heterocycles. The number of aromatic nitrogens is 3. The summed E-state index contributed by atoms with van der Waals surface area (Å²) in [5.41, 5.74) is 2.01. The third-order valence-corrected chi connectivity index (χ3v) is 6.74. The summed E-state index contributed by atoms with van der Waals surface area (Å²) in [7, 11) is 0. The van der Waals surface area contributed by atoms with Crippen molar-refractivity contribution in [3.05, 3.63) is 47.7 Å². The number of para-hydroxylation sites is 1. The molecule has 2 aliphatic rings. The summed E-state index contributed by atoms with van der Waals surface area (Å²) < 4.78 is 5.55. The van der Waals surface area contributed by atoms with Gasteiger partial charge in [0.25, 0.3) is 0 Å². The van der Waals surface area contributed by atoms with E-state index in [0.717, 1.165) is 54.0 Å². The lowest BCUT2D eigenvalue weighted by atomic mass is 9.80. The molecule has 1 N–H and O–H groups in total. The molecule has 1 saturated carbocycles. The highest BCUT2D eigenvalue weighted by molar-refractivity contribution is 5.89. The van der Waals surface area contributed by atoms with E-state index < -0.39 is 0 Å². The normalized spacial score (nSPS) is 24.0. The number of nitrogens with one attached hydrogen (secondary N) is 1. The Morgan fingerprint density at radius 2 is 2.24 bits per heavy atom. The number of carbonyl (C=O) groups is 1. The molecule has 0 bridgehead atoms. The number of likely N-dealkylation sites (tertiary alicyclic amines) is 1. The average Bonchev–Trinajstić information content (AvgIpc) is 3.43. The van der Waals surface area contributed by atoms with Crippen LogP contribution in [0.15, 0.2) is 35.0 Å². The number of hydrogen-bond donors (Lipinski definition) is 1. The van der Waals surface area contributed by atoms with Gasteiger partial charge in [-0.1, -0.05) is 43.6 Å². The lowest BCUT2D eigenvalue weighted by Gasteiger charge is -2.24. The van der Waals surface area contributed by atoms with Gasteiger partial charge in [0.05, 0.1) is 11.8 Å². The van der Waals surface area contributed by atoms with Crippen molar-refractivity contribution in [2.75, 3.05) is 13.1 Å². The Morgan fingerprint density at radius 3 is 3.10 bits per heavy atom. The van der Waals surface area contributed by atoms with E-state index in [-0.39, 0.29) is 11.3 Å². The first-order valence-electron chi connectivity index (χ1n) is 10.7. The van der Waals surface area contributed by atoms with Crippen molar-refractivity contribution in [2.24, 2.45) is 11.8 Å². The third kappa shape index (κ3) is 3.15. The van der Waals surface area contributed by atoms with E-state index in [2.05, 4.69) is 30.1 Å². The van der Waals surface area contributed by atoms with E-state index >= 15 is 0 Å². The maximum Gasteiger partial charge on any atom is 0.227 e. The smallest absolute Gasteiger partial charge is 0.227 e. The minimum Gasteiger partial charge on any atom is -0.361 e. The van der Waals surface area contributed by atoms with Crippen LogP contribution in [0.25, 0.3) is 10.9 Å². The Labute approximate surface area is 170 Å². The predicted molar refractivity (Wildman–Crippen MR) is 110 cm³/mol. The minimum atomic E-state index is -0.130. The minimum absolute atomic E-state index is 0.130. The number of amides is 1. The van der Waals surface area contributed by atoms with Gasteiger partial charge in [-0.05, 0) is 36.3 Å². The monoisotopic (exact) mass is 392 g/mol. The number of hydrogen-bond acceptors (Lipinski definition) is 4. The van der Waals surface area contributed by atoms with Gasteiger partial charge >= 0.3 is 0 Å². The quantitative estimate of drug-likeness (QED) is 0.715. The fraction of sp³-hybridized carbons (Fsp3) is 0.522. The molecule has 1 saturated heterocycles. The summed E-state index contributed by atoms with van der Waals surface area (Å²) in [6.45, 7) is 5.82. The largest absolute Gasteiger partial charge is 0.361 e. The molecule has 5 rings (SSSR count). The van der Waals surface area contributed by atoms with Crippen LogP contribution >= 0.6 is 0 Å². The highest BCUT2D eigenvalue weighted by Gasteiger charge is 2.54. The molecular formula is C23H28N4O2. The van der Waals surface area contributed by atoms with Gasteiger partial charge in [-0.25, -0.2) is 0 Å². The van der Waals surface area contributed by atoms with Crippen molar-refractivity contribution in [1.29, 1.82) is 0 Å². The molecule has 3 heterocycles. The second kappa shape index (κ2) is 7.01. The SMILES string of the molecule is CC(C)Cc1nc([C@@]23CCC[C@@H]2CN(C(=O)Cc2c[nH]c4ccccc24)C3)no1. The second-order valence-electron chi connectivity index (χ2n) is 9.17. The van der Waals surface area contributed by atoms with Crippen LogP contribution < -0.4 is 0 Å². The number of carbonyl (C=O) groups excluding carboxylic acids is 1. The van der Waals surface area contributed by atoms with E-state index in [9.17, 15) is 4.79 Å². The first-order valence-corrected chi connectivity index (χ1v) is 10.7. The summed E-state index contributed by atoms with van der Waals surface area (Å²) in [5.74, 6) is 2.64. The summed E-state index contributed by atoms with van der Waals surface area (Å²) in [4.78, 5) is 23.2. The molecule has 2 fully saturated rings. The number of benzene rings is 1. The van der Waals surface area contributed by atoms with Gasteiger partial charge in [0.2, 0.25) is 11.8 Å². The number of nitrogens with zero attached hydrogens (tertiary/aromatic N) is 3. The Balaban J connectivity index is 1.35. The van der Waals surface area contributed by atoms with Crippen LogP contribution in [0.3, 0.4) is 0 Å². The van der Waals surface area contributed by atoms with Gasteiger partial charge in [0.1, 0.15) is 0 Å². The molecule has 6 heteroatoms. The van der Waals surface area contributed by atoms with Crippen molar-refractivity contribution < 1.29 is 9.32 Å². The standard InChI is InChI=1S/C23H28N4O2/c1-15(2)10-20-25-22(26-29-20)23-9-5-6-17(23)13-27(14-23)21(28)11-16-12-24-19-8-4-3-7-18(16)19/h3-4,7-8,12,15,17,24H,5-6,9-11,13-14H2,1-2H3/t17-,23-/m1/s1. The van der Waals surface area contributed by atoms with Crippen molar-refractivity contribution in [2.45, 2.75) is 51.4 Å². The number of H-pyrrole nitrogens is 1. The van der Waals surface area contributed by atoms with Gasteiger partial charge in [-0.15, -0.1) is 0 Å². The molecule has 2 atom stereocenters. The zero-order valence-electron chi connectivity index (χ0n) is 17.1. The van der Waals surface area contributed by atoms with Crippen LogP contribution in [0.4, 0.5) is 0 Å². The molecule has 0 radical (unpaired) electrons. The average molecular weight is 393 g/mol. The molecule has 152 valence electrons. The van der Waals surface area contributed by atoms with Crippen LogP contribution in [-0.4, -0.2) is 39.0 Å². The molecular weight excluding hydrogens is 364 g/mol. The molecule has 2 aromatic heterocycles. The molecule has 0 spiro atoms. The molecule has 1 aliphatic carbocycles. The van der Waals surface area contributed by atoms with Gasteiger partial charge in [-0.3, -0.25) is 4.79 Å². The highest BCUT2D eigenvalue weighted by Crippen LogP contribution is 2.49. The summed E-state index contributed by atoms with van der Waals surface area (Å²) >= 11 is 0. The van der Waals surface area contributed by atoms with Gasteiger partial charge in [0, 0.05) is 36.6 Å². The zero-order valence-corrected chi connectivity index (χ0v) is 17.1. The summed E-state index contributed by atoms with van der Waals surface area (Å²) in [6, 6.07) is 8.15. The highest BCUT2D eigenvalue weighted by atomic mass is 16.5. The Hall–Kier alpha value is -2.63. The lowest BCUT2D eigenvalue weighted by molar-refractivity contribution is -0.129. The molecule has 1 amide bonds. The maximum atomic E-state index is 13.2. The molecule has 6 nitrogen and oxygen atoms in total. The van der Waals surface area contributed by atoms with Crippen LogP contribution in [0.2, 0.25) is 0 Å². The zero-order chi connectivity index (χ0) is 20.0. The van der Waals surface area contributed by atoms with Crippen LogP contribution in [0, 0.1) is 11.8 Å². The first kappa shape index (κ1) is 18.4. The van der Waals surface area contributed by atoms with Crippen molar-refractivity contribution in [3.63, 3.8) is 0 Å². The van der Waals surface area contributed by atoms with E-state index in [1.54, 1.807) is 0 Å². The van der Waals surface area contributed by atoms with Gasteiger partial charge in [0.15, 0.2) is 5.82 Å². The maximum absolute atomic E-state index is 13.2. The second-order valence-corrected chi connectivity index (χ2v) is 9.17. The number of aromatic amines is 1. The van der Waals surface area contributed by atoms with E-state index in [0.29, 0.717) is 24.8 Å². The van der Waals surface area contributed by atoms with Crippen molar-refractivity contribution in [3.8, 4) is 0 Å². The first-order chi connectivity index (χ1) is 14.0. The van der Waals surface area contributed by atoms with Crippen molar-refractivity contribution >= 4 is 16.8 Å². The van der Waals surface area contributed by atoms with Crippen LogP contribution in [0.5, 0.6) is 0 Å². The predicted octanol–water partition coefficient (Wildman–Crippen LogP) is 3.87. The fourth-order valence-corrected chi connectivity index (χ4v) is 5.29. The molecule has 1 aromatic carbocycles. The topological polar surface area (TPSA) is 75.0 Å². The molecule has 0 unspecified atom stereocenters. The summed E-state index contributed by atoms with van der Waals surface area (Å²) in [6.07, 6.45) is 6.53. The van der Waals surface area contributed by atoms with Gasteiger partial charge < -0.3 is 14.4 Å². The molecule has 3 aromatic rings. The summed E-state index contributed by atoms with van der Waals surface area (Å²) in [5, 5.41) is 5.50. The third-order valence-electron chi connectivity index (χ3n) is 6.74. The molecule has 29 heavy (non-hydrogen) atoms. The lowest BCUT2D eigenvalue weighted by Crippen LogP contribution is -2.36. The van der Waals surface area contributed by atoms with Crippen LogP contribution in [0.1, 0.15) is 50.4 Å². The van der Waals surface area contributed by atoms with E-state index in [4.69, 9.17) is 9.51 Å². The van der Waals surface area contributed by atoms with E-state index in [1.165, 1.54) is 6.42 Å². The number of fused-ring (bicyclic) bond motifs is 2. The Kier molecular flexibility index (Phi) is 4.45. The van der Waals surface area contributed by atoms with Crippen LogP contribution in [-0.2, 0) is 23.1 Å². The number of rotatable bonds is 5. The Morgan fingerprint density at radius 1 is 1.38 bits per heavy atom. The van der Waals surface area contributed by atoms with Gasteiger partial charge in [-0.2, -0.15) is 4.98 Å². The fourth-order valence-electron chi connectivity index (χ4n) is 5.29.